The molecule has 0 aromatic heterocycles. The number of rotatable bonds is 7. The maximum absolute atomic E-state index is 12.4. The summed E-state index contributed by atoms with van der Waals surface area (Å²) in [4.78, 5) is 24.3. The van der Waals surface area contributed by atoms with Gasteiger partial charge in [0.05, 0.1) is 4.92 Å². The number of ether oxygens (including phenoxy) is 1. The number of amides is 1. The van der Waals surface area contributed by atoms with Crippen molar-refractivity contribution in [3.8, 4) is 5.75 Å². The van der Waals surface area contributed by atoms with Crippen molar-refractivity contribution in [3.63, 3.8) is 0 Å². The molecule has 0 aliphatic heterocycles. The second kappa shape index (κ2) is 7.61. The van der Waals surface area contributed by atoms with Crippen molar-refractivity contribution < 1.29 is 14.5 Å². The Labute approximate surface area is 140 Å². The van der Waals surface area contributed by atoms with Crippen molar-refractivity contribution in [2.75, 3.05) is 20.1 Å². The summed E-state index contributed by atoms with van der Waals surface area (Å²) in [6.45, 7) is 6.34. The average molecular weight is 344 g/mol. The zero-order chi connectivity index (χ0) is 17.8. The molecule has 0 saturated heterocycles. The molecule has 0 saturated carbocycles. The Balaban J connectivity index is 2.85. The Bertz CT molecular complexity index is 592. The number of nitrogens with two attached hydrogens (primary N) is 1. The van der Waals surface area contributed by atoms with Gasteiger partial charge in [0.15, 0.2) is 11.9 Å². The molecule has 0 bridgehead atoms. The van der Waals surface area contributed by atoms with E-state index in [2.05, 4.69) is 0 Å². The fraction of sp³-hybridized carbons (Fsp3) is 0.533. The summed E-state index contributed by atoms with van der Waals surface area (Å²) >= 11 is 5.75. The first-order valence-corrected chi connectivity index (χ1v) is 7.51. The zero-order valence-corrected chi connectivity index (χ0v) is 14.5. The van der Waals surface area contributed by atoms with Crippen molar-refractivity contribution in [1.29, 1.82) is 0 Å². The van der Waals surface area contributed by atoms with Gasteiger partial charge in [0.25, 0.3) is 5.91 Å². The highest BCUT2D eigenvalue weighted by molar-refractivity contribution is 6.30. The van der Waals surface area contributed by atoms with Crippen LogP contribution in [0.25, 0.3) is 0 Å². The molecule has 1 atom stereocenters. The van der Waals surface area contributed by atoms with Crippen LogP contribution in [0, 0.1) is 15.5 Å². The molecule has 0 aliphatic rings. The fourth-order valence-corrected chi connectivity index (χ4v) is 2.23. The number of nitro benzene ring substituents is 1. The highest BCUT2D eigenvalue weighted by atomic mass is 35.5. The number of halogens is 1. The van der Waals surface area contributed by atoms with Gasteiger partial charge in [-0.1, -0.05) is 25.4 Å². The van der Waals surface area contributed by atoms with E-state index in [1.165, 1.54) is 23.1 Å². The molecule has 1 rings (SSSR count). The van der Waals surface area contributed by atoms with Crippen molar-refractivity contribution in [2.45, 2.75) is 26.9 Å². The number of carbonyl (C=O) groups is 1. The van der Waals surface area contributed by atoms with E-state index in [4.69, 9.17) is 22.1 Å². The van der Waals surface area contributed by atoms with Crippen LogP contribution in [-0.4, -0.2) is 42.0 Å². The van der Waals surface area contributed by atoms with Gasteiger partial charge in [-0.05, 0) is 31.0 Å². The van der Waals surface area contributed by atoms with E-state index in [9.17, 15) is 14.9 Å². The number of hydrogen-bond acceptors (Lipinski definition) is 5. The Kier molecular flexibility index (Phi) is 6.35. The van der Waals surface area contributed by atoms with Crippen LogP contribution in [0.4, 0.5) is 5.69 Å². The van der Waals surface area contributed by atoms with Crippen LogP contribution in [0.2, 0.25) is 5.02 Å². The number of hydrogen-bond donors (Lipinski definition) is 1. The van der Waals surface area contributed by atoms with Gasteiger partial charge in [-0.2, -0.15) is 0 Å². The predicted octanol–water partition coefficient (Wildman–Crippen LogP) is 2.46. The summed E-state index contributed by atoms with van der Waals surface area (Å²) in [6, 6.07) is 4.05. The summed E-state index contributed by atoms with van der Waals surface area (Å²) in [5, 5.41) is 11.3. The Morgan fingerprint density at radius 2 is 2.13 bits per heavy atom. The molecule has 0 radical (unpaired) electrons. The van der Waals surface area contributed by atoms with Crippen molar-refractivity contribution in [3.05, 3.63) is 33.3 Å². The second-order valence-corrected chi connectivity index (χ2v) is 6.63. The summed E-state index contributed by atoms with van der Waals surface area (Å²) in [5.41, 5.74) is 5.16. The van der Waals surface area contributed by atoms with Crippen molar-refractivity contribution in [1.82, 2.24) is 4.90 Å². The van der Waals surface area contributed by atoms with E-state index >= 15 is 0 Å². The Morgan fingerprint density at radius 3 is 2.65 bits per heavy atom. The lowest BCUT2D eigenvalue weighted by Gasteiger charge is -2.30. The van der Waals surface area contributed by atoms with Crippen LogP contribution in [-0.2, 0) is 4.79 Å². The molecular formula is C15H22ClN3O4. The smallest absolute Gasteiger partial charge is 0.312 e. The van der Waals surface area contributed by atoms with Crippen molar-refractivity contribution in [2.24, 2.45) is 11.1 Å². The molecule has 0 aliphatic carbocycles. The molecule has 7 nitrogen and oxygen atoms in total. The third-order valence-electron chi connectivity index (χ3n) is 3.36. The highest BCUT2D eigenvalue weighted by Gasteiger charge is 2.27. The molecule has 8 heteroatoms. The van der Waals surface area contributed by atoms with E-state index in [0.717, 1.165) is 0 Å². The first-order valence-electron chi connectivity index (χ1n) is 7.13. The monoisotopic (exact) mass is 343 g/mol. The summed E-state index contributed by atoms with van der Waals surface area (Å²) in [7, 11) is 1.65. The maximum Gasteiger partial charge on any atom is 0.312 e. The largest absolute Gasteiger partial charge is 0.474 e. The first kappa shape index (κ1) is 19.2. The normalized spacial score (nSPS) is 12.6. The number of nitro groups is 1. The average Bonchev–Trinajstić information content (AvgIpc) is 2.47. The topological polar surface area (TPSA) is 98.7 Å². The maximum atomic E-state index is 12.4. The van der Waals surface area contributed by atoms with Gasteiger partial charge in [-0.3, -0.25) is 14.9 Å². The SMILES string of the molecule is CC(Oc1ccc(Cl)cc1[N+](=O)[O-])C(=O)N(C)CC(C)(C)CN. The summed E-state index contributed by atoms with van der Waals surface area (Å²) < 4.78 is 5.47. The number of likely N-dealkylation sites (N-methyl/N-ethyl adjacent to an activating group) is 1. The van der Waals surface area contributed by atoms with Gasteiger partial charge in [-0.25, -0.2) is 0 Å². The van der Waals surface area contributed by atoms with Crippen LogP contribution >= 0.6 is 11.6 Å². The number of benzene rings is 1. The fourth-order valence-electron chi connectivity index (χ4n) is 2.07. The van der Waals surface area contributed by atoms with E-state index in [0.29, 0.717) is 13.1 Å². The summed E-state index contributed by atoms with van der Waals surface area (Å²) in [5.74, 6) is -0.275. The second-order valence-electron chi connectivity index (χ2n) is 6.19. The summed E-state index contributed by atoms with van der Waals surface area (Å²) in [6.07, 6.45) is -0.867. The van der Waals surface area contributed by atoms with Gasteiger partial charge in [0.1, 0.15) is 0 Å². The molecule has 1 aromatic carbocycles. The number of carbonyl (C=O) groups excluding carboxylic acids is 1. The lowest BCUT2D eigenvalue weighted by Crippen LogP contribution is -2.44. The minimum atomic E-state index is -0.867. The third-order valence-corrected chi connectivity index (χ3v) is 3.60. The third kappa shape index (κ3) is 5.37. The van der Waals surface area contributed by atoms with Crippen LogP contribution < -0.4 is 10.5 Å². The Morgan fingerprint density at radius 1 is 1.52 bits per heavy atom. The molecule has 1 amide bonds. The van der Waals surface area contributed by atoms with E-state index in [1.54, 1.807) is 14.0 Å². The molecule has 0 spiro atoms. The first-order chi connectivity index (χ1) is 10.6. The van der Waals surface area contributed by atoms with Gasteiger partial charge in [-0.15, -0.1) is 0 Å². The van der Waals surface area contributed by atoms with Crippen LogP contribution in [0.1, 0.15) is 20.8 Å². The Hall–Kier alpha value is -1.86. The molecule has 0 heterocycles. The van der Waals surface area contributed by atoms with E-state index in [1.807, 2.05) is 13.8 Å². The molecule has 1 aromatic rings. The van der Waals surface area contributed by atoms with Gasteiger partial charge < -0.3 is 15.4 Å². The van der Waals surface area contributed by atoms with Crippen LogP contribution in [0.15, 0.2) is 18.2 Å². The molecule has 0 fully saturated rings. The van der Waals surface area contributed by atoms with Gasteiger partial charge >= 0.3 is 5.69 Å². The number of nitrogens with zero attached hydrogens (tertiary/aromatic N) is 2. The lowest BCUT2D eigenvalue weighted by atomic mass is 9.93. The lowest BCUT2D eigenvalue weighted by molar-refractivity contribution is -0.386. The highest BCUT2D eigenvalue weighted by Crippen LogP contribution is 2.30. The minimum absolute atomic E-state index is 0.00624. The quantitative estimate of drug-likeness (QED) is 0.605. The van der Waals surface area contributed by atoms with E-state index in [-0.39, 0.29) is 27.8 Å². The molecule has 1 unspecified atom stereocenters. The van der Waals surface area contributed by atoms with Gasteiger partial charge in [0.2, 0.25) is 0 Å². The zero-order valence-electron chi connectivity index (χ0n) is 13.7. The molecule has 128 valence electrons. The predicted molar refractivity (Wildman–Crippen MR) is 88.7 cm³/mol. The van der Waals surface area contributed by atoms with E-state index < -0.39 is 11.0 Å². The molecular weight excluding hydrogens is 322 g/mol. The standard InChI is InChI=1S/C15H22ClN3O4/c1-10(14(20)18(4)9-15(2,3)8-17)23-13-6-5-11(16)7-12(13)19(21)22/h5-7,10H,8-9,17H2,1-4H3. The molecule has 23 heavy (non-hydrogen) atoms. The minimum Gasteiger partial charge on any atom is -0.474 e. The van der Waals surface area contributed by atoms with Crippen molar-refractivity contribution >= 4 is 23.2 Å². The van der Waals surface area contributed by atoms with Gasteiger partial charge in [0, 0.05) is 24.7 Å². The molecule has 2 N–H and O–H groups in total. The van der Waals surface area contributed by atoms with Crippen LogP contribution in [0.5, 0.6) is 5.75 Å². The van der Waals surface area contributed by atoms with Crippen LogP contribution in [0.3, 0.4) is 0 Å².